The van der Waals surface area contributed by atoms with Crippen LogP contribution in [0.25, 0.3) is 0 Å². The highest BCUT2D eigenvalue weighted by Crippen LogP contribution is 2.30. The third kappa shape index (κ3) is 4.54. The lowest BCUT2D eigenvalue weighted by Gasteiger charge is -2.12. The van der Waals surface area contributed by atoms with Crippen LogP contribution in [0.5, 0.6) is 11.5 Å². The molecule has 0 spiro atoms. The van der Waals surface area contributed by atoms with E-state index in [2.05, 4.69) is 5.32 Å². The van der Waals surface area contributed by atoms with Crippen molar-refractivity contribution in [1.82, 2.24) is 5.32 Å². The maximum absolute atomic E-state index is 11.0. The molecule has 0 aromatic heterocycles. The summed E-state index contributed by atoms with van der Waals surface area (Å²) < 4.78 is 32.4. The highest BCUT2D eigenvalue weighted by Gasteiger charge is 2.09. The molecule has 0 amide bonds. The molecule has 0 aliphatic heterocycles. The SMILES string of the molecule is COc1cccc(CNCCS(C)(=O)=O)c1OC. The predicted molar refractivity (Wildman–Crippen MR) is 71.0 cm³/mol. The van der Waals surface area contributed by atoms with E-state index in [1.165, 1.54) is 6.26 Å². The van der Waals surface area contributed by atoms with Gasteiger partial charge in [-0.25, -0.2) is 8.42 Å². The molecule has 0 heterocycles. The van der Waals surface area contributed by atoms with E-state index in [9.17, 15) is 8.42 Å². The molecule has 0 aliphatic carbocycles. The number of para-hydroxylation sites is 1. The normalized spacial score (nSPS) is 11.3. The van der Waals surface area contributed by atoms with E-state index in [4.69, 9.17) is 9.47 Å². The Hall–Kier alpha value is -1.27. The van der Waals surface area contributed by atoms with E-state index in [1.54, 1.807) is 14.2 Å². The molecule has 0 atom stereocenters. The maximum Gasteiger partial charge on any atom is 0.165 e. The van der Waals surface area contributed by atoms with Crippen LogP contribution in [0.3, 0.4) is 0 Å². The van der Waals surface area contributed by atoms with Gasteiger partial charge in [-0.2, -0.15) is 0 Å². The fourth-order valence-corrected chi connectivity index (χ4v) is 2.09. The van der Waals surface area contributed by atoms with E-state index in [1.807, 2.05) is 18.2 Å². The fraction of sp³-hybridized carbons (Fsp3) is 0.500. The van der Waals surface area contributed by atoms with Crippen molar-refractivity contribution in [2.45, 2.75) is 6.54 Å². The van der Waals surface area contributed by atoms with Crippen molar-refractivity contribution < 1.29 is 17.9 Å². The van der Waals surface area contributed by atoms with Gasteiger partial charge in [-0.15, -0.1) is 0 Å². The molecule has 18 heavy (non-hydrogen) atoms. The lowest BCUT2D eigenvalue weighted by Crippen LogP contribution is -2.22. The highest BCUT2D eigenvalue weighted by atomic mass is 32.2. The lowest BCUT2D eigenvalue weighted by molar-refractivity contribution is 0.351. The smallest absolute Gasteiger partial charge is 0.165 e. The van der Waals surface area contributed by atoms with Gasteiger partial charge in [0.1, 0.15) is 9.84 Å². The summed E-state index contributed by atoms with van der Waals surface area (Å²) in [6.07, 6.45) is 1.22. The maximum atomic E-state index is 11.0. The average molecular weight is 273 g/mol. The Morgan fingerprint density at radius 3 is 2.50 bits per heavy atom. The van der Waals surface area contributed by atoms with Crippen molar-refractivity contribution in [2.75, 3.05) is 32.8 Å². The number of hydrogen-bond acceptors (Lipinski definition) is 5. The molecule has 1 N–H and O–H groups in total. The Kier molecular flexibility index (Phi) is 5.43. The molecule has 0 bridgehead atoms. The largest absolute Gasteiger partial charge is 0.493 e. The van der Waals surface area contributed by atoms with E-state index < -0.39 is 9.84 Å². The van der Waals surface area contributed by atoms with Crippen molar-refractivity contribution in [3.05, 3.63) is 23.8 Å². The van der Waals surface area contributed by atoms with Crippen LogP contribution in [0, 0.1) is 0 Å². The Bertz CT molecular complexity index is 485. The molecular weight excluding hydrogens is 254 g/mol. The van der Waals surface area contributed by atoms with Crippen LogP contribution in [0.1, 0.15) is 5.56 Å². The minimum absolute atomic E-state index is 0.124. The zero-order chi connectivity index (χ0) is 13.6. The Morgan fingerprint density at radius 1 is 1.22 bits per heavy atom. The molecule has 5 nitrogen and oxygen atoms in total. The first-order valence-corrected chi connectivity index (χ1v) is 7.62. The Morgan fingerprint density at radius 2 is 1.94 bits per heavy atom. The van der Waals surface area contributed by atoms with Gasteiger partial charge in [0.15, 0.2) is 11.5 Å². The first-order valence-electron chi connectivity index (χ1n) is 5.56. The third-order valence-corrected chi connectivity index (χ3v) is 3.40. The van der Waals surface area contributed by atoms with Crippen LogP contribution in [0.2, 0.25) is 0 Å². The molecule has 1 aromatic rings. The Balaban J connectivity index is 2.62. The summed E-state index contributed by atoms with van der Waals surface area (Å²) in [6, 6.07) is 5.60. The number of hydrogen-bond donors (Lipinski definition) is 1. The summed E-state index contributed by atoms with van der Waals surface area (Å²) in [5, 5.41) is 3.07. The third-order valence-electron chi connectivity index (χ3n) is 2.45. The number of sulfone groups is 1. The molecule has 0 saturated carbocycles. The number of benzene rings is 1. The van der Waals surface area contributed by atoms with E-state index >= 15 is 0 Å². The van der Waals surface area contributed by atoms with Gasteiger partial charge in [0.05, 0.1) is 20.0 Å². The van der Waals surface area contributed by atoms with Gasteiger partial charge in [-0.3, -0.25) is 0 Å². The van der Waals surface area contributed by atoms with Gasteiger partial charge in [0, 0.05) is 24.9 Å². The van der Waals surface area contributed by atoms with Crippen LogP contribution in [0.4, 0.5) is 0 Å². The van der Waals surface area contributed by atoms with Crippen molar-refractivity contribution in [3.8, 4) is 11.5 Å². The second-order valence-electron chi connectivity index (χ2n) is 3.96. The quantitative estimate of drug-likeness (QED) is 0.746. The summed E-state index contributed by atoms with van der Waals surface area (Å²) in [7, 11) is 0.238. The molecule has 1 rings (SSSR count). The molecular formula is C12H19NO4S. The number of rotatable bonds is 7. The average Bonchev–Trinajstić information content (AvgIpc) is 2.32. The van der Waals surface area contributed by atoms with Crippen LogP contribution in [-0.2, 0) is 16.4 Å². The zero-order valence-electron chi connectivity index (χ0n) is 10.9. The molecule has 0 radical (unpaired) electrons. The van der Waals surface area contributed by atoms with E-state index in [0.717, 1.165) is 5.56 Å². The minimum Gasteiger partial charge on any atom is -0.493 e. The first-order chi connectivity index (χ1) is 8.48. The molecule has 1 aromatic carbocycles. The van der Waals surface area contributed by atoms with Crippen LogP contribution < -0.4 is 14.8 Å². The summed E-state index contributed by atoms with van der Waals surface area (Å²) in [6.45, 7) is 0.953. The van der Waals surface area contributed by atoms with Crippen molar-refractivity contribution in [2.24, 2.45) is 0 Å². The van der Waals surface area contributed by atoms with Crippen molar-refractivity contribution >= 4 is 9.84 Å². The van der Waals surface area contributed by atoms with Gasteiger partial charge >= 0.3 is 0 Å². The lowest BCUT2D eigenvalue weighted by atomic mass is 10.2. The number of ether oxygens (including phenoxy) is 2. The second kappa shape index (κ2) is 6.61. The molecule has 0 saturated heterocycles. The first kappa shape index (κ1) is 14.8. The molecule has 6 heteroatoms. The predicted octanol–water partition coefficient (Wildman–Crippen LogP) is 0.838. The zero-order valence-corrected chi connectivity index (χ0v) is 11.7. The van der Waals surface area contributed by atoms with Crippen molar-refractivity contribution in [3.63, 3.8) is 0 Å². The van der Waals surface area contributed by atoms with Gasteiger partial charge in [-0.05, 0) is 6.07 Å². The van der Waals surface area contributed by atoms with Crippen molar-refractivity contribution in [1.29, 1.82) is 0 Å². The van der Waals surface area contributed by atoms with Gasteiger partial charge in [0.25, 0.3) is 0 Å². The van der Waals surface area contributed by atoms with Crippen LogP contribution in [0.15, 0.2) is 18.2 Å². The Labute approximate surface area is 108 Å². The topological polar surface area (TPSA) is 64.6 Å². The molecule has 102 valence electrons. The standard InChI is InChI=1S/C12H19NO4S/c1-16-11-6-4-5-10(12(11)17-2)9-13-7-8-18(3,14)15/h4-6,13H,7-9H2,1-3H3. The van der Waals surface area contributed by atoms with E-state index in [0.29, 0.717) is 24.6 Å². The molecule has 0 aliphatic rings. The van der Waals surface area contributed by atoms with Crippen LogP contribution >= 0.6 is 0 Å². The minimum atomic E-state index is -2.93. The summed E-state index contributed by atoms with van der Waals surface area (Å²) >= 11 is 0. The van der Waals surface area contributed by atoms with Gasteiger partial charge in [-0.1, -0.05) is 12.1 Å². The summed E-state index contributed by atoms with van der Waals surface area (Å²) in [4.78, 5) is 0. The summed E-state index contributed by atoms with van der Waals surface area (Å²) in [5.41, 5.74) is 0.936. The number of nitrogens with one attached hydrogen (secondary N) is 1. The number of methoxy groups -OCH3 is 2. The second-order valence-corrected chi connectivity index (χ2v) is 6.22. The molecule has 0 unspecified atom stereocenters. The van der Waals surface area contributed by atoms with E-state index in [-0.39, 0.29) is 5.75 Å². The fourth-order valence-electron chi connectivity index (χ4n) is 1.57. The van der Waals surface area contributed by atoms with Gasteiger partial charge < -0.3 is 14.8 Å². The molecule has 0 fully saturated rings. The monoisotopic (exact) mass is 273 g/mol. The highest BCUT2D eigenvalue weighted by molar-refractivity contribution is 7.90. The summed E-state index contributed by atoms with van der Waals surface area (Å²) in [5.74, 6) is 1.46. The van der Waals surface area contributed by atoms with Gasteiger partial charge in [0.2, 0.25) is 0 Å². The van der Waals surface area contributed by atoms with Crippen LogP contribution in [-0.4, -0.2) is 41.2 Å².